The van der Waals surface area contributed by atoms with Gasteiger partial charge in [-0.2, -0.15) is 0 Å². The number of ether oxygens (including phenoxy) is 2. The quantitative estimate of drug-likeness (QED) is 0.262. The lowest BCUT2D eigenvalue weighted by Gasteiger charge is -2.06. The Morgan fingerprint density at radius 2 is 1.53 bits per heavy atom. The molecule has 0 aromatic heterocycles. The number of esters is 2. The van der Waals surface area contributed by atoms with Crippen molar-refractivity contribution in [2.45, 2.75) is 13.8 Å². The molecule has 0 aliphatic rings. The van der Waals surface area contributed by atoms with E-state index in [0.29, 0.717) is 0 Å². The zero-order valence-corrected chi connectivity index (χ0v) is 13.0. The van der Waals surface area contributed by atoms with Gasteiger partial charge in [-0.15, -0.1) is 0 Å². The van der Waals surface area contributed by atoms with Crippen molar-refractivity contribution in [2.24, 2.45) is 0 Å². The van der Waals surface area contributed by atoms with E-state index < -0.39 is 11.9 Å². The molecule has 0 amide bonds. The summed E-state index contributed by atoms with van der Waals surface area (Å²) in [5.74, 6) is -1.33. The Morgan fingerprint density at radius 1 is 1.05 bits per heavy atom. The van der Waals surface area contributed by atoms with E-state index in [9.17, 15) is 9.59 Å². The van der Waals surface area contributed by atoms with E-state index in [1.807, 2.05) is 24.3 Å². The number of rotatable bonds is 5. The molecule has 0 saturated carbocycles. The van der Waals surface area contributed by atoms with Crippen LogP contribution in [0.1, 0.15) is 19.4 Å². The van der Waals surface area contributed by atoms with Gasteiger partial charge in [-0.05, 0) is 60.2 Å². The minimum Gasteiger partial charge on any atom is -0.462 e. The van der Waals surface area contributed by atoms with E-state index in [4.69, 9.17) is 9.47 Å². The second-order valence-corrected chi connectivity index (χ2v) is 4.80. The number of halogens is 1. The van der Waals surface area contributed by atoms with Gasteiger partial charge in [0, 0.05) is 3.57 Å². The van der Waals surface area contributed by atoms with Crippen LogP contribution in [0, 0.1) is 3.57 Å². The number of benzene rings is 1. The number of hydrogen-bond donors (Lipinski definition) is 0. The molecule has 5 heteroatoms. The van der Waals surface area contributed by atoms with Crippen molar-refractivity contribution < 1.29 is 19.1 Å². The van der Waals surface area contributed by atoms with Crippen molar-refractivity contribution in [3.8, 4) is 0 Å². The van der Waals surface area contributed by atoms with Gasteiger partial charge in [0.2, 0.25) is 0 Å². The van der Waals surface area contributed by atoms with Crippen molar-refractivity contribution >= 4 is 40.6 Å². The van der Waals surface area contributed by atoms with Crippen LogP contribution in [0.4, 0.5) is 0 Å². The van der Waals surface area contributed by atoms with E-state index in [2.05, 4.69) is 22.6 Å². The molecule has 19 heavy (non-hydrogen) atoms. The maximum absolute atomic E-state index is 11.7. The molecule has 0 bridgehead atoms. The SMILES string of the molecule is CCOC(=O)C(=Cc1ccc(I)cc1)C(=O)OCC. The van der Waals surface area contributed by atoms with E-state index in [1.54, 1.807) is 13.8 Å². The summed E-state index contributed by atoms with van der Waals surface area (Å²) in [5, 5.41) is 0. The molecule has 0 N–H and O–H groups in total. The van der Waals surface area contributed by atoms with Gasteiger partial charge in [0.1, 0.15) is 5.57 Å². The van der Waals surface area contributed by atoms with E-state index >= 15 is 0 Å². The molecule has 0 fully saturated rings. The van der Waals surface area contributed by atoms with Crippen molar-refractivity contribution in [1.82, 2.24) is 0 Å². The maximum Gasteiger partial charge on any atom is 0.345 e. The lowest BCUT2D eigenvalue weighted by Crippen LogP contribution is -2.18. The Hall–Kier alpha value is -1.37. The number of carbonyl (C=O) groups excluding carboxylic acids is 2. The van der Waals surface area contributed by atoms with Crippen LogP contribution in [0.3, 0.4) is 0 Å². The average Bonchev–Trinajstić information content (AvgIpc) is 2.38. The number of hydrogen-bond acceptors (Lipinski definition) is 4. The van der Waals surface area contributed by atoms with Crippen molar-refractivity contribution in [3.05, 3.63) is 39.0 Å². The van der Waals surface area contributed by atoms with Gasteiger partial charge in [0.05, 0.1) is 13.2 Å². The monoisotopic (exact) mass is 374 g/mol. The molecule has 1 aromatic carbocycles. The Bertz CT molecular complexity index is 457. The van der Waals surface area contributed by atoms with Gasteiger partial charge in [0.25, 0.3) is 0 Å². The molecule has 0 atom stereocenters. The molecule has 0 aliphatic carbocycles. The van der Waals surface area contributed by atoms with Gasteiger partial charge in [-0.3, -0.25) is 0 Å². The third kappa shape index (κ3) is 5.02. The minimum absolute atomic E-state index is 0.0927. The average molecular weight is 374 g/mol. The molecule has 102 valence electrons. The highest BCUT2D eigenvalue weighted by Gasteiger charge is 2.20. The largest absolute Gasteiger partial charge is 0.462 e. The Labute approximate surface area is 125 Å². The highest BCUT2D eigenvalue weighted by molar-refractivity contribution is 14.1. The van der Waals surface area contributed by atoms with Crippen LogP contribution in [-0.2, 0) is 19.1 Å². The highest BCUT2D eigenvalue weighted by atomic mass is 127. The molecule has 0 aliphatic heterocycles. The molecule has 0 spiro atoms. The van der Waals surface area contributed by atoms with Crippen LogP contribution in [0.15, 0.2) is 29.8 Å². The van der Waals surface area contributed by atoms with Crippen LogP contribution in [-0.4, -0.2) is 25.2 Å². The molecule has 1 rings (SSSR count). The fourth-order valence-electron chi connectivity index (χ4n) is 1.34. The summed E-state index contributed by atoms with van der Waals surface area (Å²) in [4.78, 5) is 23.5. The van der Waals surface area contributed by atoms with E-state index in [0.717, 1.165) is 9.13 Å². The first-order valence-electron chi connectivity index (χ1n) is 5.90. The molecule has 0 radical (unpaired) electrons. The van der Waals surface area contributed by atoms with E-state index in [-0.39, 0.29) is 18.8 Å². The summed E-state index contributed by atoms with van der Waals surface area (Å²) in [6.07, 6.45) is 1.48. The molecule has 1 aromatic rings. The standard InChI is InChI=1S/C14H15IO4/c1-3-18-13(16)12(14(17)19-4-2)9-10-5-7-11(15)8-6-10/h5-9H,3-4H2,1-2H3. The predicted octanol–water partition coefficient (Wildman–Crippen LogP) is 2.80. The topological polar surface area (TPSA) is 52.6 Å². The summed E-state index contributed by atoms with van der Waals surface area (Å²) < 4.78 is 10.8. The van der Waals surface area contributed by atoms with Gasteiger partial charge >= 0.3 is 11.9 Å². The molecular weight excluding hydrogens is 359 g/mol. The van der Waals surface area contributed by atoms with Gasteiger partial charge in [0.15, 0.2) is 0 Å². The van der Waals surface area contributed by atoms with E-state index in [1.165, 1.54) is 6.08 Å². The third-order valence-electron chi connectivity index (χ3n) is 2.17. The Kier molecular flexibility index (Phi) is 6.55. The normalized spacial score (nSPS) is 9.63. The summed E-state index contributed by atoms with van der Waals surface area (Å²) in [6.45, 7) is 3.79. The van der Waals surface area contributed by atoms with Crippen LogP contribution in [0.5, 0.6) is 0 Å². The van der Waals surface area contributed by atoms with Gasteiger partial charge in [-0.1, -0.05) is 12.1 Å². The minimum atomic E-state index is -0.667. The highest BCUT2D eigenvalue weighted by Crippen LogP contribution is 2.13. The molecule has 0 heterocycles. The first-order chi connectivity index (χ1) is 9.08. The summed E-state index contributed by atoms with van der Waals surface area (Å²) in [5.41, 5.74) is 0.654. The third-order valence-corrected chi connectivity index (χ3v) is 2.89. The predicted molar refractivity (Wildman–Crippen MR) is 80.4 cm³/mol. The number of carbonyl (C=O) groups is 2. The molecule has 0 unspecified atom stereocenters. The zero-order valence-electron chi connectivity index (χ0n) is 10.8. The van der Waals surface area contributed by atoms with Crippen LogP contribution >= 0.6 is 22.6 Å². The second kappa shape index (κ2) is 7.93. The van der Waals surface area contributed by atoms with Crippen molar-refractivity contribution in [1.29, 1.82) is 0 Å². The fraction of sp³-hybridized carbons (Fsp3) is 0.286. The summed E-state index contributed by atoms with van der Waals surface area (Å²) >= 11 is 2.18. The van der Waals surface area contributed by atoms with Crippen molar-refractivity contribution in [3.63, 3.8) is 0 Å². The second-order valence-electron chi connectivity index (χ2n) is 3.55. The van der Waals surface area contributed by atoms with Crippen molar-refractivity contribution in [2.75, 3.05) is 13.2 Å². The lowest BCUT2D eigenvalue weighted by molar-refractivity contribution is -0.146. The van der Waals surface area contributed by atoms with Crippen LogP contribution in [0.25, 0.3) is 6.08 Å². The smallest absolute Gasteiger partial charge is 0.345 e. The Balaban J connectivity index is 3.04. The first-order valence-corrected chi connectivity index (χ1v) is 6.97. The fourth-order valence-corrected chi connectivity index (χ4v) is 1.70. The molecule has 0 saturated heterocycles. The zero-order chi connectivity index (χ0) is 14.3. The Morgan fingerprint density at radius 3 is 1.95 bits per heavy atom. The summed E-state index contributed by atoms with van der Waals surface area (Å²) in [6, 6.07) is 7.42. The molecular formula is C14H15IO4. The first kappa shape index (κ1) is 15.7. The summed E-state index contributed by atoms with van der Waals surface area (Å²) in [7, 11) is 0. The van der Waals surface area contributed by atoms with Gasteiger partial charge < -0.3 is 9.47 Å². The maximum atomic E-state index is 11.7. The van der Waals surface area contributed by atoms with Crippen LogP contribution in [0.2, 0.25) is 0 Å². The van der Waals surface area contributed by atoms with Crippen LogP contribution < -0.4 is 0 Å². The van der Waals surface area contributed by atoms with Gasteiger partial charge in [-0.25, -0.2) is 9.59 Å². The molecule has 4 nitrogen and oxygen atoms in total. The lowest BCUT2D eigenvalue weighted by atomic mass is 10.1.